The fourth-order valence-electron chi connectivity index (χ4n) is 2.96. The van der Waals surface area contributed by atoms with E-state index < -0.39 is 14.9 Å². The van der Waals surface area contributed by atoms with Gasteiger partial charge in [-0.2, -0.15) is 9.40 Å². The van der Waals surface area contributed by atoms with Gasteiger partial charge < -0.3 is 0 Å². The highest BCUT2D eigenvalue weighted by Crippen LogP contribution is 2.26. The maximum absolute atomic E-state index is 12.8. The molecule has 3 rings (SSSR count). The second-order valence-electron chi connectivity index (χ2n) is 6.08. The van der Waals surface area contributed by atoms with Gasteiger partial charge in [-0.3, -0.25) is 19.8 Å². The summed E-state index contributed by atoms with van der Waals surface area (Å²) in [4.78, 5) is 10.6. The summed E-state index contributed by atoms with van der Waals surface area (Å²) in [6, 6.07) is 12.3. The van der Waals surface area contributed by atoms with Gasteiger partial charge in [-0.15, -0.1) is 0 Å². The molecule has 0 saturated heterocycles. The highest BCUT2D eigenvalue weighted by atomic mass is 32.2. The minimum atomic E-state index is -3.63. The lowest BCUT2D eigenvalue weighted by atomic mass is 10.2. The molecule has 0 aliphatic heterocycles. The number of nitrogens with zero attached hydrogens (tertiary/aromatic N) is 4. The Morgan fingerprint density at radius 1 is 1.17 bits per heavy atom. The van der Waals surface area contributed by atoms with E-state index in [1.54, 1.807) is 48.7 Å². The molecule has 0 radical (unpaired) electrons. The van der Waals surface area contributed by atoms with Crippen molar-refractivity contribution in [3.8, 4) is 17.1 Å². The maximum Gasteiger partial charge on any atom is 0.269 e. The maximum atomic E-state index is 12.8. The predicted octanol–water partition coefficient (Wildman–Crippen LogP) is 3.54. The van der Waals surface area contributed by atoms with Gasteiger partial charge in [-0.1, -0.05) is 26.0 Å². The summed E-state index contributed by atoms with van der Waals surface area (Å²) in [5.41, 5.74) is 1.07. The van der Waals surface area contributed by atoms with E-state index in [1.807, 2.05) is 0 Å². The molecule has 0 aliphatic rings. The van der Waals surface area contributed by atoms with Crippen molar-refractivity contribution in [2.75, 3.05) is 13.1 Å². The third-order valence-electron chi connectivity index (χ3n) is 4.43. The van der Waals surface area contributed by atoms with Crippen molar-refractivity contribution >= 4 is 27.9 Å². The summed E-state index contributed by atoms with van der Waals surface area (Å²) in [6.45, 7) is 4.30. The van der Waals surface area contributed by atoms with Crippen LogP contribution in [0.3, 0.4) is 0 Å². The van der Waals surface area contributed by atoms with Crippen LogP contribution in [0, 0.1) is 14.9 Å². The van der Waals surface area contributed by atoms with Gasteiger partial charge in [0.1, 0.15) is 0 Å². The van der Waals surface area contributed by atoms with Crippen molar-refractivity contribution in [2.24, 2.45) is 0 Å². The fourth-order valence-corrected chi connectivity index (χ4v) is 4.70. The van der Waals surface area contributed by atoms with Crippen molar-refractivity contribution in [1.82, 2.24) is 19.1 Å². The first-order valence-electron chi connectivity index (χ1n) is 8.82. The Morgan fingerprint density at radius 3 is 2.41 bits per heavy atom. The normalized spacial score (nSPS) is 11.7. The van der Waals surface area contributed by atoms with Crippen LogP contribution >= 0.6 is 12.2 Å². The topological polar surface area (TPSA) is 114 Å². The molecule has 1 aromatic heterocycles. The summed E-state index contributed by atoms with van der Waals surface area (Å²) in [6.07, 6.45) is 0. The van der Waals surface area contributed by atoms with E-state index in [9.17, 15) is 18.5 Å². The van der Waals surface area contributed by atoms with Crippen LogP contribution in [-0.2, 0) is 10.0 Å². The van der Waals surface area contributed by atoms with Crippen molar-refractivity contribution in [2.45, 2.75) is 18.7 Å². The molecule has 1 heterocycles. The van der Waals surface area contributed by atoms with Gasteiger partial charge in [0.15, 0.2) is 10.6 Å². The molecular formula is C18H19N5O4S2. The number of hydrogen-bond acceptors (Lipinski definition) is 6. The molecule has 0 fully saturated rings. The molecule has 0 atom stereocenters. The van der Waals surface area contributed by atoms with E-state index in [2.05, 4.69) is 10.2 Å². The van der Waals surface area contributed by atoms with Gasteiger partial charge in [-0.05, 0) is 36.5 Å². The molecule has 9 nitrogen and oxygen atoms in total. The van der Waals surface area contributed by atoms with E-state index in [4.69, 9.17) is 12.2 Å². The molecule has 0 unspecified atom stereocenters. The van der Waals surface area contributed by atoms with Crippen LogP contribution in [0.25, 0.3) is 17.1 Å². The van der Waals surface area contributed by atoms with Gasteiger partial charge >= 0.3 is 0 Å². The number of rotatable bonds is 7. The highest BCUT2D eigenvalue weighted by molar-refractivity contribution is 7.89. The van der Waals surface area contributed by atoms with E-state index >= 15 is 0 Å². The third kappa shape index (κ3) is 3.97. The van der Waals surface area contributed by atoms with E-state index in [-0.39, 0.29) is 15.4 Å². The molecule has 0 amide bonds. The Morgan fingerprint density at radius 2 is 1.83 bits per heavy atom. The van der Waals surface area contributed by atoms with Gasteiger partial charge in [-0.25, -0.2) is 8.42 Å². The van der Waals surface area contributed by atoms with Crippen LogP contribution in [0.4, 0.5) is 5.69 Å². The first-order chi connectivity index (χ1) is 13.8. The van der Waals surface area contributed by atoms with Gasteiger partial charge in [0.05, 0.1) is 15.5 Å². The molecule has 3 aromatic rings. The molecule has 0 saturated carbocycles. The molecule has 29 heavy (non-hydrogen) atoms. The molecule has 1 N–H and O–H groups in total. The summed E-state index contributed by atoms with van der Waals surface area (Å²) in [5.74, 6) is 0.403. The Labute approximate surface area is 172 Å². The number of nitro groups is 1. The van der Waals surface area contributed by atoms with Crippen LogP contribution < -0.4 is 0 Å². The van der Waals surface area contributed by atoms with Crippen molar-refractivity contribution in [3.63, 3.8) is 0 Å². The second kappa shape index (κ2) is 8.23. The fraction of sp³-hybridized carbons (Fsp3) is 0.222. The predicted molar refractivity (Wildman–Crippen MR) is 111 cm³/mol. The van der Waals surface area contributed by atoms with Crippen molar-refractivity contribution < 1.29 is 13.3 Å². The zero-order valence-corrected chi connectivity index (χ0v) is 17.4. The Bertz CT molecular complexity index is 1200. The molecule has 152 valence electrons. The average molecular weight is 434 g/mol. The number of H-pyrrole nitrogens is 1. The SMILES string of the molecule is CCN(CC)S(=O)(=O)c1cccc(-c2n[nH]c(=S)n2-c2ccc([N+](=O)[O-])cc2)c1. The van der Waals surface area contributed by atoms with Gasteiger partial charge in [0.25, 0.3) is 5.69 Å². The Kier molecular flexibility index (Phi) is 5.91. The first-order valence-corrected chi connectivity index (χ1v) is 10.7. The highest BCUT2D eigenvalue weighted by Gasteiger charge is 2.23. The molecule has 0 aliphatic carbocycles. The zero-order valence-electron chi connectivity index (χ0n) is 15.8. The molecule has 0 bridgehead atoms. The summed E-state index contributed by atoms with van der Waals surface area (Å²) in [5, 5.41) is 17.8. The lowest BCUT2D eigenvalue weighted by Gasteiger charge is -2.18. The average Bonchev–Trinajstić information content (AvgIpc) is 3.10. The van der Waals surface area contributed by atoms with E-state index in [0.29, 0.717) is 30.2 Å². The lowest BCUT2D eigenvalue weighted by molar-refractivity contribution is -0.384. The standard InChI is InChI=1S/C18H19N5O4S2/c1-3-21(4-2)29(26,27)16-7-5-6-13(12-16)17-19-20-18(28)22(17)14-8-10-15(11-9-14)23(24)25/h5-12H,3-4H2,1-2H3,(H,20,28). The van der Waals surface area contributed by atoms with Crippen LogP contribution in [0.2, 0.25) is 0 Å². The molecule has 0 spiro atoms. The van der Waals surface area contributed by atoms with E-state index in [0.717, 1.165) is 0 Å². The van der Waals surface area contributed by atoms with Crippen LogP contribution in [-0.4, -0.2) is 45.5 Å². The number of nitrogens with one attached hydrogen (secondary N) is 1. The van der Waals surface area contributed by atoms with Crippen molar-refractivity contribution in [3.05, 3.63) is 63.4 Å². The summed E-state index contributed by atoms with van der Waals surface area (Å²) in [7, 11) is -3.63. The molecular weight excluding hydrogens is 414 g/mol. The number of sulfonamides is 1. The third-order valence-corrected chi connectivity index (χ3v) is 6.75. The number of nitro benzene ring substituents is 1. The number of aromatic amines is 1. The van der Waals surface area contributed by atoms with Crippen LogP contribution in [0.15, 0.2) is 53.4 Å². The second-order valence-corrected chi connectivity index (χ2v) is 8.40. The Hall–Kier alpha value is -2.89. The number of hydrogen-bond donors (Lipinski definition) is 1. The largest absolute Gasteiger partial charge is 0.269 e. The van der Waals surface area contributed by atoms with Crippen molar-refractivity contribution in [1.29, 1.82) is 0 Å². The van der Waals surface area contributed by atoms with Crippen LogP contribution in [0.5, 0.6) is 0 Å². The lowest BCUT2D eigenvalue weighted by Crippen LogP contribution is -2.30. The van der Waals surface area contributed by atoms with Gasteiger partial charge in [0.2, 0.25) is 10.0 Å². The minimum Gasteiger partial charge on any atom is -0.268 e. The number of aromatic nitrogens is 3. The smallest absolute Gasteiger partial charge is 0.268 e. The number of non-ortho nitro benzene ring substituents is 1. The molecule has 11 heteroatoms. The summed E-state index contributed by atoms with van der Waals surface area (Å²) >= 11 is 5.31. The number of benzene rings is 2. The van der Waals surface area contributed by atoms with Gasteiger partial charge in [0, 0.05) is 30.8 Å². The first kappa shape index (κ1) is 20.8. The minimum absolute atomic E-state index is 0.0439. The summed E-state index contributed by atoms with van der Waals surface area (Å²) < 4.78 is 28.9. The van der Waals surface area contributed by atoms with Crippen LogP contribution in [0.1, 0.15) is 13.8 Å². The molecule has 2 aromatic carbocycles. The Balaban J connectivity index is 2.10. The quantitative estimate of drug-likeness (QED) is 0.346. The monoisotopic (exact) mass is 433 g/mol. The van der Waals surface area contributed by atoms with E-state index in [1.165, 1.54) is 22.5 Å². The zero-order chi connectivity index (χ0) is 21.2.